The molecule has 0 atom stereocenters. The van der Waals surface area contributed by atoms with E-state index in [1.165, 1.54) is 0 Å². The molecule has 0 aliphatic heterocycles. The van der Waals surface area contributed by atoms with Crippen LogP contribution in [0.4, 0.5) is 0 Å². The van der Waals surface area contributed by atoms with Gasteiger partial charge in [0.05, 0.1) is 0 Å². The van der Waals surface area contributed by atoms with Crippen molar-refractivity contribution in [1.29, 1.82) is 0 Å². The highest BCUT2D eigenvalue weighted by Crippen LogP contribution is 2.20. The van der Waals surface area contributed by atoms with Crippen molar-refractivity contribution in [2.75, 3.05) is 13.6 Å². The molecule has 2 N–H and O–H groups in total. The van der Waals surface area contributed by atoms with Crippen LogP contribution >= 0.6 is 47.2 Å². The van der Waals surface area contributed by atoms with Crippen LogP contribution < -0.4 is 10.6 Å². The van der Waals surface area contributed by atoms with E-state index in [0.717, 1.165) is 31.0 Å². The molecule has 0 saturated carbocycles. The number of benzene rings is 1. The Bertz CT molecular complexity index is 616. The summed E-state index contributed by atoms with van der Waals surface area (Å²) in [5, 5.41) is 11.9. The van der Waals surface area contributed by atoms with E-state index in [2.05, 4.69) is 20.7 Å². The number of aromatic nitrogens is 2. The number of aliphatic imine (C=N–C) groups is 1. The van der Waals surface area contributed by atoms with Gasteiger partial charge in [0.2, 0.25) is 0 Å². The number of hydrogen-bond donors (Lipinski definition) is 2. The van der Waals surface area contributed by atoms with Crippen molar-refractivity contribution in [3.05, 3.63) is 52.3 Å². The largest absolute Gasteiger partial charge is 0.356 e. The first-order valence-electron chi connectivity index (χ1n) is 7.05. The van der Waals surface area contributed by atoms with Crippen molar-refractivity contribution in [3.8, 4) is 0 Å². The predicted molar refractivity (Wildman–Crippen MR) is 107 cm³/mol. The minimum atomic E-state index is 0. The van der Waals surface area contributed by atoms with Crippen LogP contribution in [0.15, 0.2) is 41.7 Å². The topological polar surface area (TPSA) is 54.2 Å². The second-order valence-electron chi connectivity index (χ2n) is 4.71. The molecule has 0 fully saturated rings. The van der Waals surface area contributed by atoms with Gasteiger partial charge >= 0.3 is 0 Å². The van der Waals surface area contributed by atoms with Crippen molar-refractivity contribution in [1.82, 2.24) is 20.4 Å². The third kappa shape index (κ3) is 6.97. The van der Waals surface area contributed by atoms with E-state index >= 15 is 0 Å². The van der Waals surface area contributed by atoms with E-state index in [0.29, 0.717) is 16.6 Å². The van der Waals surface area contributed by atoms with Crippen molar-refractivity contribution < 1.29 is 0 Å². The Balaban J connectivity index is 0.00000264. The Kier molecular flexibility index (Phi) is 9.35. The third-order valence-electron chi connectivity index (χ3n) is 3.10. The maximum atomic E-state index is 6.15. The summed E-state index contributed by atoms with van der Waals surface area (Å²) in [7, 11) is 1.74. The molecule has 0 amide bonds. The van der Waals surface area contributed by atoms with Crippen LogP contribution in [-0.4, -0.2) is 29.3 Å². The van der Waals surface area contributed by atoms with Crippen molar-refractivity contribution in [3.63, 3.8) is 0 Å². The number of nitrogens with one attached hydrogen (secondary N) is 2. The molecule has 2 rings (SSSR count). The van der Waals surface area contributed by atoms with Crippen molar-refractivity contribution in [2.45, 2.75) is 19.5 Å². The smallest absolute Gasteiger partial charge is 0.191 e. The quantitative estimate of drug-likeness (QED) is 0.295. The number of halogens is 3. The molecule has 1 aromatic heterocycles. The molecule has 0 radical (unpaired) electrons. The molecule has 0 unspecified atom stereocenters. The Morgan fingerprint density at radius 2 is 2.13 bits per heavy atom. The van der Waals surface area contributed by atoms with E-state index in [1.807, 2.05) is 29.1 Å². The molecule has 5 nitrogen and oxygen atoms in total. The first-order valence-corrected chi connectivity index (χ1v) is 7.80. The lowest BCUT2D eigenvalue weighted by Crippen LogP contribution is -2.37. The van der Waals surface area contributed by atoms with Gasteiger partial charge in [0.25, 0.3) is 0 Å². The second-order valence-corrected chi connectivity index (χ2v) is 5.55. The maximum absolute atomic E-state index is 6.15. The lowest BCUT2D eigenvalue weighted by atomic mass is 10.2. The third-order valence-corrected chi connectivity index (χ3v) is 3.69. The number of rotatable bonds is 6. The zero-order valence-electron chi connectivity index (χ0n) is 12.8. The van der Waals surface area contributed by atoms with E-state index in [4.69, 9.17) is 23.2 Å². The van der Waals surface area contributed by atoms with Gasteiger partial charge in [-0.3, -0.25) is 9.67 Å². The summed E-state index contributed by atoms with van der Waals surface area (Å²) >= 11 is 12.0. The van der Waals surface area contributed by atoms with Gasteiger partial charge in [0.1, 0.15) is 0 Å². The maximum Gasteiger partial charge on any atom is 0.191 e. The minimum absolute atomic E-state index is 0. The number of guanidine groups is 1. The molecule has 0 aliphatic rings. The highest BCUT2D eigenvalue weighted by Gasteiger charge is 2.03. The molecular formula is C15H20Cl2IN5. The Labute approximate surface area is 163 Å². The fourth-order valence-corrected chi connectivity index (χ4v) is 2.42. The minimum Gasteiger partial charge on any atom is -0.356 e. The first-order chi connectivity index (χ1) is 10.7. The molecule has 0 spiro atoms. The van der Waals surface area contributed by atoms with Gasteiger partial charge < -0.3 is 10.6 Å². The zero-order valence-corrected chi connectivity index (χ0v) is 16.6. The van der Waals surface area contributed by atoms with Crippen LogP contribution in [0.2, 0.25) is 10.0 Å². The van der Waals surface area contributed by atoms with Crippen LogP contribution in [0, 0.1) is 0 Å². The Hall–Kier alpha value is -0.990. The molecule has 23 heavy (non-hydrogen) atoms. The number of nitrogens with zero attached hydrogens (tertiary/aromatic N) is 3. The normalized spacial score (nSPS) is 11.0. The monoisotopic (exact) mass is 467 g/mol. The van der Waals surface area contributed by atoms with Gasteiger partial charge in [0.15, 0.2) is 5.96 Å². The Morgan fingerprint density at radius 3 is 2.78 bits per heavy atom. The van der Waals surface area contributed by atoms with E-state index < -0.39 is 0 Å². The highest BCUT2D eigenvalue weighted by atomic mass is 127. The van der Waals surface area contributed by atoms with Crippen LogP contribution in [0.1, 0.15) is 12.0 Å². The number of hydrogen-bond acceptors (Lipinski definition) is 2. The molecule has 0 bridgehead atoms. The summed E-state index contributed by atoms with van der Waals surface area (Å²) in [6.07, 6.45) is 4.70. The van der Waals surface area contributed by atoms with Crippen molar-refractivity contribution in [2.24, 2.45) is 4.99 Å². The molecule has 1 aromatic carbocycles. The van der Waals surface area contributed by atoms with Gasteiger partial charge in [-0.05, 0) is 30.2 Å². The Morgan fingerprint density at radius 1 is 1.30 bits per heavy atom. The molecule has 0 saturated heterocycles. The van der Waals surface area contributed by atoms with E-state index in [1.54, 1.807) is 19.3 Å². The van der Waals surface area contributed by atoms with Gasteiger partial charge in [-0.15, -0.1) is 24.0 Å². The summed E-state index contributed by atoms with van der Waals surface area (Å²) in [6, 6.07) is 7.39. The van der Waals surface area contributed by atoms with Gasteiger partial charge in [-0.1, -0.05) is 29.3 Å². The molecule has 0 aliphatic carbocycles. The summed E-state index contributed by atoms with van der Waals surface area (Å²) in [5.74, 6) is 0.742. The summed E-state index contributed by atoms with van der Waals surface area (Å²) in [5.41, 5.74) is 0.977. The van der Waals surface area contributed by atoms with Crippen molar-refractivity contribution >= 4 is 53.1 Å². The first kappa shape index (κ1) is 20.1. The van der Waals surface area contributed by atoms with Crippen LogP contribution in [0.3, 0.4) is 0 Å². The fourth-order valence-electron chi connectivity index (χ4n) is 1.95. The van der Waals surface area contributed by atoms with Crippen LogP contribution in [-0.2, 0) is 13.1 Å². The van der Waals surface area contributed by atoms with E-state index in [-0.39, 0.29) is 24.0 Å². The van der Waals surface area contributed by atoms with Gasteiger partial charge in [0, 0.05) is 49.1 Å². The lowest BCUT2D eigenvalue weighted by Gasteiger charge is -2.12. The molecule has 2 aromatic rings. The lowest BCUT2D eigenvalue weighted by molar-refractivity contribution is 0.570. The number of aryl methyl sites for hydroxylation is 1. The van der Waals surface area contributed by atoms with Gasteiger partial charge in [-0.2, -0.15) is 5.10 Å². The van der Waals surface area contributed by atoms with Crippen LogP contribution in [0.25, 0.3) is 0 Å². The van der Waals surface area contributed by atoms with E-state index in [9.17, 15) is 0 Å². The summed E-state index contributed by atoms with van der Waals surface area (Å²) in [6.45, 7) is 2.28. The van der Waals surface area contributed by atoms with Gasteiger partial charge in [-0.25, -0.2) is 0 Å². The summed E-state index contributed by atoms with van der Waals surface area (Å²) in [4.78, 5) is 4.19. The predicted octanol–water partition coefficient (Wildman–Crippen LogP) is 3.56. The highest BCUT2D eigenvalue weighted by molar-refractivity contribution is 14.0. The zero-order chi connectivity index (χ0) is 15.8. The molecule has 1 heterocycles. The summed E-state index contributed by atoms with van der Waals surface area (Å²) < 4.78 is 1.91. The average molecular weight is 468 g/mol. The standard InChI is InChI=1S/C15H19Cl2N5.HI/c1-18-15(19-6-2-8-22-9-3-7-21-22)20-11-12-4-5-13(16)10-14(12)17;/h3-5,7,9-10H,2,6,8,11H2,1H3,(H2,18,19,20);1H. The van der Waals surface area contributed by atoms with Crippen LogP contribution in [0.5, 0.6) is 0 Å². The average Bonchev–Trinajstić information content (AvgIpc) is 3.01. The SMILES string of the molecule is CN=C(NCCCn1cccn1)NCc1ccc(Cl)cc1Cl.I. The molecular weight excluding hydrogens is 448 g/mol. The fraction of sp³-hybridized carbons (Fsp3) is 0.333. The molecule has 126 valence electrons. The second kappa shape index (κ2) is 10.7. The molecule has 8 heteroatoms.